The van der Waals surface area contributed by atoms with Gasteiger partial charge in [-0.15, -0.1) is 0 Å². The van der Waals surface area contributed by atoms with Gasteiger partial charge in [0.15, 0.2) is 5.16 Å². The summed E-state index contributed by atoms with van der Waals surface area (Å²) < 4.78 is 18.0. The van der Waals surface area contributed by atoms with E-state index < -0.39 is 5.97 Å². The number of benzene rings is 1. The lowest BCUT2D eigenvalue weighted by Gasteiger charge is -2.09. The van der Waals surface area contributed by atoms with Gasteiger partial charge in [-0.05, 0) is 36.1 Å². The molecule has 1 aliphatic rings. The van der Waals surface area contributed by atoms with E-state index in [-0.39, 0.29) is 11.1 Å². The molecule has 0 bridgehead atoms. The molecule has 0 saturated heterocycles. The molecule has 6 heteroatoms. The van der Waals surface area contributed by atoms with E-state index in [1.807, 2.05) is 6.07 Å². The van der Waals surface area contributed by atoms with Crippen molar-refractivity contribution in [2.24, 2.45) is 0 Å². The highest BCUT2D eigenvalue weighted by Crippen LogP contribution is 2.43. The summed E-state index contributed by atoms with van der Waals surface area (Å²) in [7, 11) is 1.33. The molecule has 3 rings (SSSR count). The standard InChI is InChI=1S/C14H13FN2O2S/c1-19-13(18)11-7-16-14(17-11)20-12-5-3-8-2-4-9(15)6-10(8)12/h2,4,6-7,12H,3,5H2,1H3,(H,16,17)/t12-/m1/s1. The maximum absolute atomic E-state index is 13.3. The van der Waals surface area contributed by atoms with Crippen LogP contribution in [-0.2, 0) is 11.2 Å². The molecule has 0 radical (unpaired) electrons. The van der Waals surface area contributed by atoms with Gasteiger partial charge in [-0.3, -0.25) is 0 Å². The number of aryl methyl sites for hydroxylation is 1. The molecule has 1 heterocycles. The Bertz CT molecular complexity index is 656. The molecule has 1 aliphatic carbocycles. The maximum Gasteiger partial charge on any atom is 0.356 e. The minimum atomic E-state index is -0.442. The Kier molecular flexibility index (Phi) is 3.48. The lowest BCUT2D eigenvalue weighted by molar-refractivity contribution is 0.0594. The number of H-pyrrole nitrogens is 1. The summed E-state index contributed by atoms with van der Waals surface area (Å²) in [5, 5.41) is 0.810. The molecule has 0 aliphatic heterocycles. The summed E-state index contributed by atoms with van der Waals surface area (Å²) in [5.41, 5.74) is 2.53. The number of fused-ring (bicyclic) bond motifs is 1. The molecule has 1 N–H and O–H groups in total. The van der Waals surface area contributed by atoms with Crippen LogP contribution in [0.4, 0.5) is 4.39 Å². The molecule has 20 heavy (non-hydrogen) atoms. The average Bonchev–Trinajstić information content (AvgIpc) is 3.06. The molecule has 2 aromatic rings. The molecule has 0 unspecified atom stereocenters. The van der Waals surface area contributed by atoms with E-state index in [4.69, 9.17) is 0 Å². The summed E-state index contributed by atoms with van der Waals surface area (Å²) in [6.07, 6.45) is 3.34. The fourth-order valence-corrected chi connectivity index (χ4v) is 3.50. The lowest BCUT2D eigenvalue weighted by atomic mass is 10.1. The van der Waals surface area contributed by atoms with Gasteiger partial charge in [0.05, 0.1) is 13.3 Å². The van der Waals surface area contributed by atoms with Crippen LogP contribution >= 0.6 is 11.8 Å². The Balaban J connectivity index is 1.79. The lowest BCUT2D eigenvalue weighted by Crippen LogP contribution is -2.01. The number of hydrogen-bond donors (Lipinski definition) is 1. The third kappa shape index (κ3) is 2.43. The van der Waals surface area contributed by atoms with Crippen molar-refractivity contribution >= 4 is 17.7 Å². The molecule has 1 atom stereocenters. The van der Waals surface area contributed by atoms with Gasteiger partial charge in [-0.2, -0.15) is 0 Å². The number of esters is 1. The molecule has 1 aromatic carbocycles. The van der Waals surface area contributed by atoms with Crippen LogP contribution in [0, 0.1) is 5.82 Å². The van der Waals surface area contributed by atoms with Gasteiger partial charge < -0.3 is 9.72 Å². The number of carbonyl (C=O) groups excluding carboxylic acids is 1. The first-order valence-corrected chi connectivity index (χ1v) is 7.13. The van der Waals surface area contributed by atoms with Crippen molar-refractivity contribution in [1.29, 1.82) is 0 Å². The highest BCUT2D eigenvalue weighted by molar-refractivity contribution is 7.99. The number of imidazole rings is 1. The van der Waals surface area contributed by atoms with Crippen LogP contribution in [0.25, 0.3) is 0 Å². The fourth-order valence-electron chi connectivity index (χ4n) is 2.37. The van der Waals surface area contributed by atoms with Crippen molar-refractivity contribution in [2.75, 3.05) is 7.11 Å². The number of methoxy groups -OCH3 is 1. The predicted octanol–water partition coefficient (Wildman–Crippen LogP) is 3.12. The van der Waals surface area contributed by atoms with Crippen LogP contribution in [-0.4, -0.2) is 23.0 Å². The van der Waals surface area contributed by atoms with Gasteiger partial charge in [0, 0.05) is 5.25 Å². The molecule has 4 nitrogen and oxygen atoms in total. The van der Waals surface area contributed by atoms with Gasteiger partial charge in [0.25, 0.3) is 0 Å². The number of rotatable bonds is 3. The minimum Gasteiger partial charge on any atom is -0.464 e. The number of thioether (sulfide) groups is 1. The van der Waals surface area contributed by atoms with Crippen molar-refractivity contribution < 1.29 is 13.9 Å². The smallest absolute Gasteiger partial charge is 0.356 e. The first kappa shape index (κ1) is 13.2. The molecular weight excluding hydrogens is 279 g/mol. The molecule has 0 fully saturated rings. The first-order valence-electron chi connectivity index (χ1n) is 6.25. The van der Waals surface area contributed by atoms with E-state index in [0.29, 0.717) is 10.9 Å². The molecule has 0 amide bonds. The van der Waals surface area contributed by atoms with Crippen molar-refractivity contribution in [3.05, 3.63) is 47.0 Å². The SMILES string of the molecule is COC(=O)c1cnc(S[C@@H]2CCc3ccc(F)cc32)[nH]1. The number of ether oxygens (including phenoxy) is 1. The van der Waals surface area contributed by atoms with Gasteiger partial charge in [-0.1, -0.05) is 17.8 Å². The zero-order chi connectivity index (χ0) is 14.1. The number of halogens is 1. The predicted molar refractivity (Wildman–Crippen MR) is 73.2 cm³/mol. The quantitative estimate of drug-likeness (QED) is 0.883. The van der Waals surface area contributed by atoms with E-state index in [2.05, 4.69) is 14.7 Å². The highest BCUT2D eigenvalue weighted by Gasteiger charge is 2.25. The number of aromatic amines is 1. The summed E-state index contributed by atoms with van der Waals surface area (Å²) in [4.78, 5) is 18.4. The summed E-state index contributed by atoms with van der Waals surface area (Å²) in [6, 6.07) is 4.92. The van der Waals surface area contributed by atoms with E-state index in [1.54, 1.807) is 6.07 Å². The Hall–Kier alpha value is -1.82. The van der Waals surface area contributed by atoms with Gasteiger partial charge >= 0.3 is 5.97 Å². The van der Waals surface area contributed by atoms with E-state index in [9.17, 15) is 9.18 Å². The molecule has 104 valence electrons. The number of nitrogens with zero attached hydrogens (tertiary/aromatic N) is 1. The third-order valence-corrected chi connectivity index (χ3v) is 4.55. The van der Waals surface area contributed by atoms with Crippen molar-refractivity contribution in [3.8, 4) is 0 Å². The highest BCUT2D eigenvalue weighted by atomic mass is 32.2. The van der Waals surface area contributed by atoms with Crippen LogP contribution in [0.5, 0.6) is 0 Å². The summed E-state index contributed by atoms with van der Waals surface area (Å²) >= 11 is 1.51. The number of aromatic nitrogens is 2. The second kappa shape index (κ2) is 5.28. The van der Waals surface area contributed by atoms with Crippen molar-refractivity contribution in [3.63, 3.8) is 0 Å². The second-order valence-electron chi connectivity index (χ2n) is 4.58. The topological polar surface area (TPSA) is 55.0 Å². The molecule has 0 saturated carbocycles. The largest absolute Gasteiger partial charge is 0.464 e. The van der Waals surface area contributed by atoms with Gasteiger partial charge in [0.2, 0.25) is 0 Å². The van der Waals surface area contributed by atoms with Crippen LogP contribution in [0.1, 0.15) is 33.3 Å². The van der Waals surface area contributed by atoms with Crippen LogP contribution in [0.2, 0.25) is 0 Å². The third-order valence-electron chi connectivity index (χ3n) is 3.34. The zero-order valence-electron chi connectivity index (χ0n) is 10.9. The Morgan fingerprint density at radius 2 is 2.40 bits per heavy atom. The number of hydrogen-bond acceptors (Lipinski definition) is 4. The van der Waals surface area contributed by atoms with Crippen molar-refractivity contribution in [1.82, 2.24) is 9.97 Å². The van der Waals surface area contributed by atoms with E-state index >= 15 is 0 Å². The Morgan fingerprint density at radius 3 is 3.20 bits per heavy atom. The van der Waals surface area contributed by atoms with Gasteiger partial charge in [0.1, 0.15) is 11.5 Å². The zero-order valence-corrected chi connectivity index (χ0v) is 11.7. The molecular formula is C14H13FN2O2S. The number of nitrogens with one attached hydrogen (secondary N) is 1. The van der Waals surface area contributed by atoms with E-state index in [1.165, 1.54) is 36.7 Å². The van der Waals surface area contributed by atoms with Crippen LogP contribution < -0.4 is 0 Å². The maximum atomic E-state index is 13.3. The fraction of sp³-hybridized carbons (Fsp3) is 0.286. The Labute approximate surface area is 119 Å². The molecule has 1 aromatic heterocycles. The molecule has 0 spiro atoms. The Morgan fingerprint density at radius 1 is 1.55 bits per heavy atom. The van der Waals surface area contributed by atoms with E-state index in [0.717, 1.165) is 18.4 Å². The van der Waals surface area contributed by atoms with Crippen molar-refractivity contribution in [2.45, 2.75) is 23.2 Å². The van der Waals surface area contributed by atoms with Gasteiger partial charge in [-0.25, -0.2) is 14.2 Å². The normalized spacial score (nSPS) is 17.0. The monoisotopic (exact) mass is 292 g/mol. The average molecular weight is 292 g/mol. The van der Waals surface area contributed by atoms with Crippen LogP contribution in [0.15, 0.2) is 29.6 Å². The summed E-state index contributed by atoms with van der Waals surface area (Å²) in [6.45, 7) is 0. The second-order valence-corrected chi connectivity index (χ2v) is 5.77. The number of carbonyl (C=O) groups is 1. The first-order chi connectivity index (χ1) is 9.67. The summed E-state index contributed by atoms with van der Waals surface area (Å²) in [5.74, 6) is -0.659. The van der Waals surface area contributed by atoms with Crippen LogP contribution in [0.3, 0.4) is 0 Å². The minimum absolute atomic E-state index is 0.164.